The van der Waals surface area contributed by atoms with Gasteiger partial charge in [-0.1, -0.05) is 6.07 Å². The lowest BCUT2D eigenvalue weighted by Crippen LogP contribution is -2.54. The first-order chi connectivity index (χ1) is 20.0. The van der Waals surface area contributed by atoms with Crippen LogP contribution in [0.15, 0.2) is 55.2 Å². The number of aliphatic hydroxyl groups is 1. The van der Waals surface area contributed by atoms with Crippen molar-refractivity contribution in [3.63, 3.8) is 0 Å². The number of likely N-dealkylation sites (N-methyl/N-ethyl adjacent to an activating group) is 1. The summed E-state index contributed by atoms with van der Waals surface area (Å²) < 4.78 is 1.98. The van der Waals surface area contributed by atoms with Crippen LogP contribution in [0.5, 0.6) is 0 Å². The van der Waals surface area contributed by atoms with Crippen LogP contribution in [0.1, 0.15) is 28.8 Å². The maximum absolute atomic E-state index is 12.9. The van der Waals surface area contributed by atoms with Crippen LogP contribution in [-0.2, 0) is 6.54 Å². The highest BCUT2D eigenvalue weighted by atomic mass is 16.3. The van der Waals surface area contributed by atoms with Crippen molar-refractivity contribution in [3.8, 4) is 11.3 Å². The van der Waals surface area contributed by atoms with Gasteiger partial charge in [-0.05, 0) is 43.7 Å². The molecule has 7 rings (SSSR count). The fraction of sp³-hybridized carbons (Fsp3) is 0.400. The molecule has 6 heterocycles. The van der Waals surface area contributed by atoms with Gasteiger partial charge in [0.25, 0.3) is 5.91 Å². The number of fused-ring (bicyclic) bond motifs is 2. The molecule has 0 atom stereocenters. The SMILES string of the molecule is CN1CCN(CC2(O)CCN(c3ccc(Nc4ccc(-c5cnc6cnccn56)c5c4C(=O)NC5)nc3)CC2)CC1. The predicted molar refractivity (Wildman–Crippen MR) is 157 cm³/mol. The Balaban J connectivity index is 1.04. The van der Waals surface area contributed by atoms with Crippen molar-refractivity contribution in [2.75, 3.05) is 63.1 Å². The van der Waals surface area contributed by atoms with E-state index in [2.05, 4.69) is 53.4 Å². The number of benzene rings is 1. The zero-order valence-corrected chi connectivity index (χ0v) is 23.3. The van der Waals surface area contributed by atoms with Crippen molar-refractivity contribution < 1.29 is 9.90 Å². The summed E-state index contributed by atoms with van der Waals surface area (Å²) >= 11 is 0. The average Bonchev–Trinajstić information content (AvgIpc) is 3.60. The number of imidazole rings is 1. The molecule has 0 unspecified atom stereocenters. The average molecular weight is 554 g/mol. The van der Waals surface area contributed by atoms with E-state index in [9.17, 15) is 9.90 Å². The van der Waals surface area contributed by atoms with Crippen LogP contribution in [0.2, 0.25) is 0 Å². The molecule has 3 aliphatic heterocycles. The molecule has 0 aliphatic carbocycles. The van der Waals surface area contributed by atoms with Gasteiger partial charge < -0.3 is 25.5 Å². The van der Waals surface area contributed by atoms with Crippen LogP contribution in [0, 0.1) is 0 Å². The van der Waals surface area contributed by atoms with Crippen LogP contribution >= 0.6 is 0 Å². The number of rotatable bonds is 6. The number of anilines is 3. The van der Waals surface area contributed by atoms with Crippen LogP contribution in [0.3, 0.4) is 0 Å². The third-order valence-corrected chi connectivity index (χ3v) is 8.74. The van der Waals surface area contributed by atoms with Gasteiger partial charge in [0.2, 0.25) is 0 Å². The first-order valence-corrected chi connectivity index (χ1v) is 14.3. The van der Waals surface area contributed by atoms with E-state index in [-0.39, 0.29) is 5.91 Å². The fourth-order valence-corrected chi connectivity index (χ4v) is 6.28. The molecule has 41 heavy (non-hydrogen) atoms. The van der Waals surface area contributed by atoms with E-state index in [1.54, 1.807) is 12.4 Å². The van der Waals surface area contributed by atoms with Crippen molar-refractivity contribution in [2.45, 2.75) is 25.0 Å². The minimum Gasteiger partial charge on any atom is -0.388 e. The highest BCUT2D eigenvalue weighted by Crippen LogP contribution is 2.35. The summed E-state index contributed by atoms with van der Waals surface area (Å²) in [6.07, 6.45) is 10.5. The number of aromatic nitrogens is 4. The molecule has 2 fully saturated rings. The number of nitrogens with zero attached hydrogens (tertiary/aromatic N) is 7. The molecular weight excluding hydrogens is 518 g/mol. The number of β-amino-alcohol motifs (C(OH)–C–C–N with tert-alkyl or cyclic N) is 1. The topological polar surface area (TPSA) is 114 Å². The second-order valence-corrected chi connectivity index (χ2v) is 11.5. The van der Waals surface area contributed by atoms with Gasteiger partial charge in [-0.3, -0.25) is 19.1 Å². The van der Waals surface area contributed by atoms with Crippen molar-refractivity contribution in [2.24, 2.45) is 0 Å². The molecule has 3 aromatic heterocycles. The summed E-state index contributed by atoms with van der Waals surface area (Å²) in [6, 6.07) is 7.96. The summed E-state index contributed by atoms with van der Waals surface area (Å²) in [4.78, 5) is 33.2. The number of amides is 1. The molecule has 4 aromatic rings. The number of carbonyl (C=O) groups excluding carboxylic acids is 1. The maximum atomic E-state index is 12.9. The zero-order valence-electron chi connectivity index (χ0n) is 23.3. The van der Waals surface area contributed by atoms with E-state index in [4.69, 9.17) is 0 Å². The van der Waals surface area contributed by atoms with Crippen LogP contribution in [-0.4, -0.2) is 98.6 Å². The van der Waals surface area contributed by atoms with E-state index >= 15 is 0 Å². The highest BCUT2D eigenvalue weighted by molar-refractivity contribution is 6.06. The molecule has 11 heteroatoms. The number of piperidine rings is 1. The van der Waals surface area contributed by atoms with Crippen LogP contribution in [0.4, 0.5) is 17.2 Å². The molecule has 1 amide bonds. The summed E-state index contributed by atoms with van der Waals surface area (Å²) in [5, 5.41) is 17.6. The molecule has 0 bridgehead atoms. The number of piperazine rings is 1. The molecule has 2 saturated heterocycles. The minimum atomic E-state index is -0.630. The number of hydrogen-bond donors (Lipinski definition) is 3. The normalized spacial score (nSPS) is 19.4. The minimum absolute atomic E-state index is 0.103. The lowest BCUT2D eigenvalue weighted by Gasteiger charge is -2.43. The third kappa shape index (κ3) is 5.01. The van der Waals surface area contributed by atoms with E-state index < -0.39 is 5.60 Å². The highest BCUT2D eigenvalue weighted by Gasteiger charge is 2.35. The second kappa shape index (κ2) is 10.4. The van der Waals surface area contributed by atoms with Gasteiger partial charge in [0.1, 0.15) is 5.82 Å². The summed E-state index contributed by atoms with van der Waals surface area (Å²) in [5.74, 6) is 0.571. The Morgan fingerprint density at radius 3 is 2.61 bits per heavy atom. The Morgan fingerprint density at radius 1 is 1.00 bits per heavy atom. The predicted octanol–water partition coefficient (Wildman–Crippen LogP) is 2.36. The number of hydrogen-bond acceptors (Lipinski definition) is 9. The summed E-state index contributed by atoms with van der Waals surface area (Å²) in [6.45, 7) is 6.97. The number of carbonyl (C=O) groups is 1. The van der Waals surface area contributed by atoms with Crippen molar-refractivity contribution in [1.29, 1.82) is 0 Å². The Kier molecular flexibility index (Phi) is 6.57. The lowest BCUT2D eigenvalue weighted by atomic mass is 9.90. The molecular formula is C30H35N9O2. The van der Waals surface area contributed by atoms with Gasteiger partial charge in [-0.2, -0.15) is 0 Å². The van der Waals surface area contributed by atoms with Gasteiger partial charge >= 0.3 is 0 Å². The maximum Gasteiger partial charge on any atom is 0.254 e. The molecule has 0 radical (unpaired) electrons. The molecule has 3 aliphatic rings. The smallest absolute Gasteiger partial charge is 0.254 e. The quantitative estimate of drug-likeness (QED) is 0.331. The lowest BCUT2D eigenvalue weighted by molar-refractivity contribution is -0.0250. The second-order valence-electron chi connectivity index (χ2n) is 11.5. The fourth-order valence-electron chi connectivity index (χ4n) is 6.28. The Morgan fingerprint density at radius 2 is 1.83 bits per heavy atom. The van der Waals surface area contributed by atoms with Crippen molar-refractivity contribution >= 4 is 28.7 Å². The molecule has 0 spiro atoms. The number of nitrogens with one attached hydrogen (secondary N) is 2. The van der Waals surface area contributed by atoms with Crippen molar-refractivity contribution in [3.05, 3.63) is 66.4 Å². The first kappa shape index (κ1) is 25.9. The first-order valence-electron chi connectivity index (χ1n) is 14.3. The number of pyridine rings is 1. The van der Waals surface area contributed by atoms with E-state index in [1.165, 1.54) is 0 Å². The zero-order chi connectivity index (χ0) is 28.0. The van der Waals surface area contributed by atoms with Gasteiger partial charge in [0.05, 0.1) is 46.8 Å². The van der Waals surface area contributed by atoms with Gasteiger partial charge in [-0.25, -0.2) is 9.97 Å². The Bertz CT molecular complexity index is 1570. The largest absolute Gasteiger partial charge is 0.388 e. The standard InChI is InChI=1S/C30H35N9O2/c1-36-12-14-37(15-13-36)20-30(41)6-9-38(10-7-30)21-2-5-26(32-16-21)35-24-4-3-22(23-17-34-29(40)28(23)24)25-18-33-27-19-31-8-11-39(25)27/h2-5,8,11,16,18-19,41H,6-7,9-10,12-15,17,20H2,1H3,(H,32,35)(H,34,40). The Labute approximate surface area is 238 Å². The molecule has 212 valence electrons. The monoisotopic (exact) mass is 553 g/mol. The molecule has 1 aromatic carbocycles. The molecule has 3 N–H and O–H groups in total. The van der Waals surface area contributed by atoms with Gasteiger partial charge in [0, 0.05) is 70.3 Å². The van der Waals surface area contributed by atoms with E-state index in [0.717, 1.165) is 92.5 Å². The third-order valence-electron chi connectivity index (χ3n) is 8.74. The summed E-state index contributed by atoms with van der Waals surface area (Å²) in [7, 11) is 2.15. The molecule has 11 nitrogen and oxygen atoms in total. The molecule has 0 saturated carbocycles. The van der Waals surface area contributed by atoms with Gasteiger partial charge in [-0.15, -0.1) is 0 Å². The summed E-state index contributed by atoms with van der Waals surface area (Å²) in [5.41, 5.74) is 5.34. The Hall–Kier alpha value is -4.06. The van der Waals surface area contributed by atoms with Gasteiger partial charge in [0.15, 0.2) is 5.65 Å². The van der Waals surface area contributed by atoms with E-state index in [0.29, 0.717) is 17.9 Å². The van der Waals surface area contributed by atoms with E-state index in [1.807, 2.05) is 41.2 Å². The van der Waals surface area contributed by atoms with Crippen molar-refractivity contribution in [1.82, 2.24) is 34.5 Å². The van der Waals surface area contributed by atoms with Crippen LogP contribution < -0.4 is 15.5 Å². The van der Waals surface area contributed by atoms with Crippen LogP contribution in [0.25, 0.3) is 16.9 Å².